The fourth-order valence-corrected chi connectivity index (χ4v) is 1.82. The topological polar surface area (TPSA) is 99.6 Å². The van der Waals surface area contributed by atoms with Crippen molar-refractivity contribution in [1.82, 2.24) is 4.98 Å². The van der Waals surface area contributed by atoms with Gasteiger partial charge >= 0.3 is 0 Å². The van der Waals surface area contributed by atoms with Crippen LogP contribution in [-0.2, 0) is 0 Å². The van der Waals surface area contributed by atoms with E-state index in [1.54, 1.807) is 5.38 Å². The molecule has 78 valence electrons. The van der Waals surface area contributed by atoms with Crippen LogP contribution in [0.2, 0.25) is 0 Å². The number of nitrogens with zero attached hydrogens (tertiary/aromatic N) is 1. The highest BCUT2D eigenvalue weighted by Crippen LogP contribution is 2.40. The lowest BCUT2D eigenvalue weighted by molar-refractivity contribution is 0.430. The van der Waals surface area contributed by atoms with Gasteiger partial charge in [-0.05, 0) is 0 Å². The number of phenols is 3. The highest BCUT2D eigenvalue weighted by molar-refractivity contribution is 7.13. The molecule has 0 unspecified atom stereocenters. The number of hydrogen-bond donors (Lipinski definition) is 4. The molecule has 0 radical (unpaired) electrons. The molecule has 0 bridgehead atoms. The van der Waals surface area contributed by atoms with E-state index < -0.39 is 0 Å². The van der Waals surface area contributed by atoms with Gasteiger partial charge in [-0.15, -0.1) is 11.3 Å². The van der Waals surface area contributed by atoms with Gasteiger partial charge in [0.25, 0.3) is 0 Å². The smallest absolute Gasteiger partial charge is 0.180 e. The molecule has 0 saturated carbocycles. The quantitative estimate of drug-likeness (QED) is 0.588. The third-order valence-corrected chi connectivity index (χ3v) is 2.53. The third-order valence-electron chi connectivity index (χ3n) is 1.86. The van der Waals surface area contributed by atoms with Crippen LogP contribution >= 0.6 is 11.3 Å². The number of nitrogen functional groups attached to an aromatic ring is 1. The Morgan fingerprint density at radius 3 is 2.20 bits per heavy atom. The summed E-state index contributed by atoms with van der Waals surface area (Å²) in [5, 5.41) is 30.1. The molecule has 2 rings (SSSR count). The maximum absolute atomic E-state index is 9.54. The van der Waals surface area contributed by atoms with E-state index >= 15 is 0 Å². The SMILES string of the molecule is Nc1nc(-c2c(O)cc(O)cc2O)cs1. The number of rotatable bonds is 1. The summed E-state index contributed by atoms with van der Waals surface area (Å²) in [6.07, 6.45) is 0. The van der Waals surface area contributed by atoms with Gasteiger partial charge < -0.3 is 21.1 Å². The Morgan fingerprint density at radius 2 is 1.73 bits per heavy atom. The van der Waals surface area contributed by atoms with Gasteiger partial charge in [-0.3, -0.25) is 0 Å². The molecule has 0 atom stereocenters. The molecule has 0 aliphatic heterocycles. The molecule has 6 heteroatoms. The van der Waals surface area contributed by atoms with Crippen LogP contribution in [-0.4, -0.2) is 20.3 Å². The highest BCUT2D eigenvalue weighted by Gasteiger charge is 2.14. The number of benzene rings is 1. The average Bonchev–Trinajstić information content (AvgIpc) is 2.49. The molecule has 0 aliphatic rings. The second-order valence-corrected chi connectivity index (χ2v) is 3.82. The first-order valence-corrected chi connectivity index (χ1v) is 4.92. The third kappa shape index (κ3) is 1.66. The Kier molecular flexibility index (Phi) is 2.12. The molecule has 0 amide bonds. The van der Waals surface area contributed by atoms with Gasteiger partial charge in [-0.25, -0.2) is 4.98 Å². The zero-order chi connectivity index (χ0) is 11.0. The molecule has 1 aromatic carbocycles. The van der Waals surface area contributed by atoms with Crippen molar-refractivity contribution in [3.63, 3.8) is 0 Å². The van der Waals surface area contributed by atoms with E-state index in [1.807, 2.05) is 0 Å². The monoisotopic (exact) mass is 224 g/mol. The Morgan fingerprint density at radius 1 is 1.13 bits per heavy atom. The van der Waals surface area contributed by atoms with Crippen LogP contribution in [0.5, 0.6) is 17.2 Å². The summed E-state index contributed by atoms with van der Waals surface area (Å²) in [5.41, 5.74) is 5.99. The van der Waals surface area contributed by atoms with Crippen molar-refractivity contribution in [3.05, 3.63) is 17.5 Å². The van der Waals surface area contributed by atoms with E-state index in [-0.39, 0.29) is 22.8 Å². The van der Waals surface area contributed by atoms with Crippen LogP contribution in [0, 0.1) is 0 Å². The Balaban J connectivity index is 2.62. The summed E-state index contributed by atoms with van der Waals surface area (Å²) < 4.78 is 0. The van der Waals surface area contributed by atoms with Crippen molar-refractivity contribution in [2.24, 2.45) is 0 Å². The van der Waals surface area contributed by atoms with Crippen LogP contribution in [0.1, 0.15) is 0 Å². The maximum atomic E-state index is 9.54. The Labute approximate surface area is 89.1 Å². The van der Waals surface area contributed by atoms with Crippen molar-refractivity contribution in [2.75, 3.05) is 5.73 Å². The summed E-state index contributed by atoms with van der Waals surface area (Å²) in [6.45, 7) is 0. The zero-order valence-corrected chi connectivity index (χ0v) is 8.32. The number of nitrogens with two attached hydrogens (primary N) is 1. The van der Waals surface area contributed by atoms with Crippen LogP contribution in [0.4, 0.5) is 5.13 Å². The van der Waals surface area contributed by atoms with Gasteiger partial charge in [0.15, 0.2) is 5.13 Å². The van der Waals surface area contributed by atoms with Gasteiger partial charge in [0.05, 0.1) is 11.3 Å². The predicted molar refractivity (Wildman–Crippen MR) is 57.0 cm³/mol. The highest BCUT2D eigenvalue weighted by atomic mass is 32.1. The maximum Gasteiger partial charge on any atom is 0.180 e. The molecule has 5 N–H and O–H groups in total. The van der Waals surface area contributed by atoms with Crippen LogP contribution in [0.25, 0.3) is 11.3 Å². The normalized spacial score (nSPS) is 10.4. The number of anilines is 1. The molecule has 2 aromatic rings. The molecule has 15 heavy (non-hydrogen) atoms. The largest absolute Gasteiger partial charge is 0.508 e. The number of aromatic hydroxyl groups is 3. The summed E-state index contributed by atoms with van der Waals surface area (Å²) >= 11 is 1.20. The second kappa shape index (κ2) is 3.32. The molecular formula is C9H8N2O3S. The molecule has 5 nitrogen and oxygen atoms in total. The van der Waals surface area contributed by atoms with Crippen molar-refractivity contribution < 1.29 is 15.3 Å². The minimum Gasteiger partial charge on any atom is -0.508 e. The first-order chi connectivity index (χ1) is 7.08. The summed E-state index contributed by atoms with van der Waals surface area (Å²) in [6, 6.07) is 2.26. The van der Waals surface area contributed by atoms with Crippen molar-refractivity contribution in [3.8, 4) is 28.5 Å². The van der Waals surface area contributed by atoms with Crippen molar-refractivity contribution in [1.29, 1.82) is 0 Å². The molecule has 1 aromatic heterocycles. The molecule has 0 spiro atoms. The fourth-order valence-electron chi connectivity index (χ4n) is 1.26. The van der Waals surface area contributed by atoms with E-state index in [2.05, 4.69) is 4.98 Å². The lowest BCUT2D eigenvalue weighted by Crippen LogP contribution is -1.84. The van der Waals surface area contributed by atoms with Gasteiger partial charge in [-0.1, -0.05) is 0 Å². The minimum absolute atomic E-state index is 0.167. The lowest BCUT2D eigenvalue weighted by atomic mass is 10.1. The minimum atomic E-state index is -0.238. The van der Waals surface area contributed by atoms with E-state index in [0.717, 1.165) is 12.1 Å². The van der Waals surface area contributed by atoms with Crippen LogP contribution in [0.3, 0.4) is 0 Å². The van der Waals surface area contributed by atoms with E-state index in [0.29, 0.717) is 10.8 Å². The first-order valence-electron chi connectivity index (χ1n) is 4.04. The van der Waals surface area contributed by atoms with E-state index in [1.165, 1.54) is 11.3 Å². The average molecular weight is 224 g/mol. The number of aromatic nitrogens is 1. The van der Waals surface area contributed by atoms with E-state index in [4.69, 9.17) is 10.8 Å². The zero-order valence-electron chi connectivity index (χ0n) is 7.51. The number of phenolic OH excluding ortho intramolecular Hbond substituents is 3. The van der Waals surface area contributed by atoms with Gasteiger partial charge in [-0.2, -0.15) is 0 Å². The summed E-state index contributed by atoms with van der Waals surface area (Å²) in [4.78, 5) is 3.93. The molecule has 0 saturated heterocycles. The second-order valence-electron chi connectivity index (χ2n) is 2.93. The van der Waals surface area contributed by atoms with Crippen LogP contribution < -0.4 is 5.73 Å². The first kappa shape index (κ1) is 9.60. The standard InChI is InChI=1S/C9H8N2O3S/c10-9-11-5(3-15-9)8-6(13)1-4(12)2-7(8)14/h1-3,12-14H,(H2,10,11). The van der Waals surface area contributed by atoms with Gasteiger partial charge in [0, 0.05) is 17.5 Å². The number of thiazole rings is 1. The molecule has 1 heterocycles. The molecular weight excluding hydrogens is 216 g/mol. The van der Waals surface area contributed by atoms with Gasteiger partial charge in [0.1, 0.15) is 17.2 Å². The summed E-state index contributed by atoms with van der Waals surface area (Å²) in [7, 11) is 0. The fraction of sp³-hybridized carbons (Fsp3) is 0. The lowest BCUT2D eigenvalue weighted by Gasteiger charge is -2.04. The molecule has 0 fully saturated rings. The van der Waals surface area contributed by atoms with Gasteiger partial charge in [0.2, 0.25) is 0 Å². The summed E-state index contributed by atoms with van der Waals surface area (Å²) in [5.74, 6) is -0.687. The Hall–Kier alpha value is -1.95. The van der Waals surface area contributed by atoms with E-state index in [9.17, 15) is 10.2 Å². The van der Waals surface area contributed by atoms with Crippen molar-refractivity contribution >= 4 is 16.5 Å². The number of hydrogen-bond acceptors (Lipinski definition) is 6. The van der Waals surface area contributed by atoms with Crippen molar-refractivity contribution in [2.45, 2.75) is 0 Å². The Bertz CT molecular complexity index is 487. The van der Waals surface area contributed by atoms with Crippen LogP contribution in [0.15, 0.2) is 17.5 Å². The molecule has 0 aliphatic carbocycles. The predicted octanol–water partition coefficient (Wildman–Crippen LogP) is 1.51.